The van der Waals surface area contributed by atoms with E-state index in [4.69, 9.17) is 18.9 Å². The molecule has 0 bridgehead atoms. The summed E-state index contributed by atoms with van der Waals surface area (Å²) in [6, 6.07) is 26.2. The number of rotatable bonds is 10. The molecule has 0 aromatic heterocycles. The van der Waals surface area contributed by atoms with Crippen molar-refractivity contribution >= 4 is 5.69 Å². The molecule has 1 saturated carbocycles. The van der Waals surface area contributed by atoms with E-state index in [2.05, 4.69) is 71.6 Å². The van der Waals surface area contributed by atoms with Crippen molar-refractivity contribution in [3.8, 4) is 5.75 Å². The maximum atomic E-state index is 6.55. The molecular formula is C34H41NO4. The Morgan fingerprint density at radius 2 is 1.62 bits per heavy atom. The number of anilines is 1. The number of fused-ring (bicyclic) bond motifs is 1. The monoisotopic (exact) mass is 527 g/mol. The highest BCUT2D eigenvalue weighted by Gasteiger charge is 2.36. The van der Waals surface area contributed by atoms with Crippen LogP contribution in [0, 0.1) is 11.8 Å². The molecule has 2 aliphatic heterocycles. The van der Waals surface area contributed by atoms with Crippen LogP contribution in [0.15, 0.2) is 72.8 Å². The summed E-state index contributed by atoms with van der Waals surface area (Å²) in [5.74, 6) is 2.43. The number of nitrogens with zero attached hydrogens (tertiary/aromatic N) is 1. The van der Waals surface area contributed by atoms with Gasteiger partial charge in [-0.1, -0.05) is 61.4 Å². The third kappa shape index (κ3) is 6.16. The molecule has 39 heavy (non-hydrogen) atoms. The van der Waals surface area contributed by atoms with Crippen LogP contribution < -0.4 is 9.64 Å². The van der Waals surface area contributed by atoms with E-state index < -0.39 is 0 Å². The first-order valence-electron chi connectivity index (χ1n) is 14.5. The molecule has 1 saturated heterocycles. The summed E-state index contributed by atoms with van der Waals surface area (Å²) < 4.78 is 23.7. The lowest BCUT2D eigenvalue weighted by Crippen LogP contribution is -2.39. The second kappa shape index (κ2) is 12.1. The van der Waals surface area contributed by atoms with E-state index in [0.717, 1.165) is 44.0 Å². The number of ether oxygens (including phenoxy) is 4. The van der Waals surface area contributed by atoms with Gasteiger partial charge >= 0.3 is 0 Å². The molecule has 206 valence electrons. The molecule has 2 unspecified atom stereocenters. The zero-order valence-corrected chi connectivity index (χ0v) is 23.3. The van der Waals surface area contributed by atoms with Gasteiger partial charge in [0.05, 0.1) is 12.7 Å². The van der Waals surface area contributed by atoms with Crippen LogP contribution in [0.1, 0.15) is 60.3 Å². The summed E-state index contributed by atoms with van der Waals surface area (Å²) in [6.07, 6.45) is 6.11. The Balaban J connectivity index is 1.18. The molecule has 0 amide bonds. The minimum Gasteiger partial charge on any atom is -0.489 e. The smallest absolute Gasteiger partial charge is 0.159 e. The van der Waals surface area contributed by atoms with E-state index in [1.165, 1.54) is 40.8 Å². The topological polar surface area (TPSA) is 40.2 Å². The molecule has 3 aromatic rings. The predicted octanol–water partition coefficient (Wildman–Crippen LogP) is 6.93. The van der Waals surface area contributed by atoms with E-state index in [0.29, 0.717) is 19.1 Å². The van der Waals surface area contributed by atoms with Crippen LogP contribution in [0.25, 0.3) is 0 Å². The van der Waals surface area contributed by atoms with Crippen LogP contribution in [0.2, 0.25) is 0 Å². The van der Waals surface area contributed by atoms with Crippen molar-refractivity contribution in [3.05, 3.63) is 95.1 Å². The Kier molecular flexibility index (Phi) is 8.19. The van der Waals surface area contributed by atoms with Crippen molar-refractivity contribution < 1.29 is 18.9 Å². The van der Waals surface area contributed by atoms with Crippen molar-refractivity contribution in [1.82, 2.24) is 0 Å². The van der Waals surface area contributed by atoms with Gasteiger partial charge in [-0.05, 0) is 71.7 Å². The highest BCUT2D eigenvalue weighted by Crippen LogP contribution is 2.44. The highest BCUT2D eigenvalue weighted by atomic mass is 16.7. The molecule has 0 spiro atoms. The second-order valence-corrected chi connectivity index (χ2v) is 11.4. The molecule has 2 atom stereocenters. The van der Waals surface area contributed by atoms with Gasteiger partial charge in [0.15, 0.2) is 6.29 Å². The zero-order valence-electron chi connectivity index (χ0n) is 23.3. The molecule has 0 radical (unpaired) electrons. The first-order chi connectivity index (χ1) is 19.2. The maximum absolute atomic E-state index is 6.55. The predicted molar refractivity (Wildman–Crippen MR) is 154 cm³/mol. The van der Waals surface area contributed by atoms with Gasteiger partial charge < -0.3 is 23.8 Å². The number of hydrogen-bond acceptors (Lipinski definition) is 5. The van der Waals surface area contributed by atoms with Gasteiger partial charge in [-0.25, -0.2) is 0 Å². The fourth-order valence-corrected chi connectivity index (χ4v) is 6.42. The SMILES string of the molecule is COC(OC)C1CCN(c2ccc(C3c4ccc(OCc5ccccc5)cc4COC3CC3CC3)cc2)CC1. The Bertz CT molecular complexity index is 1200. The van der Waals surface area contributed by atoms with Crippen molar-refractivity contribution in [3.63, 3.8) is 0 Å². The van der Waals surface area contributed by atoms with Gasteiger partial charge in [-0.2, -0.15) is 0 Å². The number of methoxy groups -OCH3 is 2. The summed E-state index contributed by atoms with van der Waals surface area (Å²) in [5, 5.41) is 0. The van der Waals surface area contributed by atoms with Crippen LogP contribution in [0.5, 0.6) is 5.75 Å². The first kappa shape index (κ1) is 26.4. The number of piperidine rings is 1. The van der Waals surface area contributed by atoms with E-state index >= 15 is 0 Å². The molecule has 2 heterocycles. The fraction of sp³-hybridized carbons (Fsp3) is 0.471. The third-order valence-electron chi connectivity index (χ3n) is 8.79. The Labute approximate surface area is 233 Å². The lowest BCUT2D eigenvalue weighted by molar-refractivity contribution is -0.141. The van der Waals surface area contributed by atoms with Gasteiger partial charge in [0.25, 0.3) is 0 Å². The first-order valence-corrected chi connectivity index (χ1v) is 14.5. The average Bonchev–Trinajstić information content (AvgIpc) is 3.82. The van der Waals surface area contributed by atoms with Gasteiger partial charge in [0.1, 0.15) is 12.4 Å². The average molecular weight is 528 g/mol. The lowest BCUT2D eigenvalue weighted by atomic mass is 9.80. The van der Waals surface area contributed by atoms with E-state index in [-0.39, 0.29) is 18.3 Å². The number of hydrogen-bond donors (Lipinski definition) is 0. The second-order valence-electron chi connectivity index (χ2n) is 11.4. The molecule has 3 aromatic carbocycles. The van der Waals surface area contributed by atoms with Gasteiger partial charge in [-0.3, -0.25) is 0 Å². The minimum absolute atomic E-state index is 0.103. The van der Waals surface area contributed by atoms with Crippen LogP contribution >= 0.6 is 0 Å². The quantitative estimate of drug-likeness (QED) is 0.267. The maximum Gasteiger partial charge on any atom is 0.159 e. The van der Waals surface area contributed by atoms with Crippen molar-refractivity contribution in [1.29, 1.82) is 0 Å². The molecule has 3 aliphatic rings. The summed E-state index contributed by atoms with van der Waals surface area (Å²) in [7, 11) is 3.48. The molecule has 2 fully saturated rings. The molecule has 5 nitrogen and oxygen atoms in total. The molecule has 5 heteroatoms. The number of benzene rings is 3. The fourth-order valence-electron chi connectivity index (χ4n) is 6.42. The highest BCUT2D eigenvalue weighted by molar-refractivity contribution is 5.51. The van der Waals surface area contributed by atoms with Crippen molar-refractivity contribution in [2.24, 2.45) is 11.8 Å². The van der Waals surface area contributed by atoms with E-state index in [1.807, 2.05) is 6.07 Å². The molecule has 1 aliphatic carbocycles. The molecular weight excluding hydrogens is 486 g/mol. The van der Waals surface area contributed by atoms with Crippen LogP contribution in [0.4, 0.5) is 5.69 Å². The van der Waals surface area contributed by atoms with Crippen molar-refractivity contribution in [2.45, 2.75) is 63.6 Å². The standard InChI is InChI=1S/C34H41NO4/c1-36-34(37-2)27-16-18-35(19-17-27)29-12-10-26(11-13-29)33-31-15-14-30(38-22-25-6-4-3-5-7-25)21-28(31)23-39-32(33)20-24-8-9-24/h3-7,10-15,21,24,27,32-34H,8-9,16-20,22-23H2,1-2H3. The van der Waals surface area contributed by atoms with Gasteiger partial charge in [0.2, 0.25) is 0 Å². The van der Waals surface area contributed by atoms with E-state index in [1.54, 1.807) is 14.2 Å². The lowest BCUT2D eigenvalue weighted by Gasteiger charge is -2.37. The molecule has 0 N–H and O–H groups in total. The van der Waals surface area contributed by atoms with Gasteiger partial charge in [0, 0.05) is 44.8 Å². The Morgan fingerprint density at radius 1 is 0.872 bits per heavy atom. The summed E-state index contributed by atoms with van der Waals surface area (Å²) in [4.78, 5) is 2.49. The van der Waals surface area contributed by atoms with Crippen molar-refractivity contribution in [2.75, 3.05) is 32.2 Å². The van der Waals surface area contributed by atoms with Crippen LogP contribution in [0.3, 0.4) is 0 Å². The largest absolute Gasteiger partial charge is 0.489 e. The minimum atomic E-state index is -0.103. The summed E-state index contributed by atoms with van der Waals surface area (Å²) >= 11 is 0. The van der Waals surface area contributed by atoms with Crippen LogP contribution in [-0.2, 0) is 27.4 Å². The third-order valence-corrected chi connectivity index (χ3v) is 8.79. The summed E-state index contributed by atoms with van der Waals surface area (Å²) in [5.41, 5.74) is 6.45. The van der Waals surface area contributed by atoms with E-state index in [9.17, 15) is 0 Å². The zero-order chi connectivity index (χ0) is 26.6. The van der Waals surface area contributed by atoms with Crippen LogP contribution in [-0.4, -0.2) is 39.7 Å². The summed E-state index contributed by atoms with van der Waals surface area (Å²) in [6.45, 7) is 3.28. The Morgan fingerprint density at radius 3 is 2.31 bits per heavy atom. The van der Waals surface area contributed by atoms with Gasteiger partial charge in [-0.15, -0.1) is 0 Å². The normalized spacial score (nSPS) is 21.7. The Hall–Kier alpha value is -2.86. The molecule has 6 rings (SSSR count).